The van der Waals surface area contributed by atoms with Crippen molar-refractivity contribution in [2.75, 3.05) is 18.4 Å². The van der Waals surface area contributed by atoms with E-state index in [-0.39, 0.29) is 30.6 Å². The lowest BCUT2D eigenvalue weighted by Crippen LogP contribution is -2.39. The van der Waals surface area contributed by atoms with Gasteiger partial charge in [0, 0.05) is 0 Å². The van der Waals surface area contributed by atoms with Gasteiger partial charge in [-0.3, -0.25) is 5.32 Å². The van der Waals surface area contributed by atoms with E-state index in [2.05, 4.69) is 15.5 Å². The molecule has 126 valence electrons. The van der Waals surface area contributed by atoms with Crippen LogP contribution >= 0.6 is 0 Å². The number of carbonyl (C=O) groups excluding carboxylic acids is 1. The second-order valence-corrected chi connectivity index (χ2v) is 5.48. The SMILES string of the molecule is Cc1noc(NC(=O)N2C[C@@H]3Oc4c(F)ccc(F)c4O[C@@H]3C2)n1. The number of hydrogen-bond donors (Lipinski definition) is 1. The molecule has 1 N–H and O–H groups in total. The highest BCUT2D eigenvalue weighted by Gasteiger charge is 2.43. The number of carbonyl (C=O) groups is 1. The van der Waals surface area contributed by atoms with Crippen LogP contribution in [0.1, 0.15) is 5.82 Å². The van der Waals surface area contributed by atoms with Crippen LogP contribution in [0.25, 0.3) is 0 Å². The molecule has 0 bridgehead atoms. The van der Waals surface area contributed by atoms with Crippen molar-refractivity contribution < 1.29 is 27.6 Å². The van der Waals surface area contributed by atoms with Gasteiger partial charge in [0.05, 0.1) is 13.1 Å². The number of ether oxygens (including phenoxy) is 2. The second-order valence-electron chi connectivity index (χ2n) is 5.48. The highest BCUT2D eigenvalue weighted by molar-refractivity contribution is 5.87. The fraction of sp³-hybridized carbons (Fsp3) is 0.357. The minimum Gasteiger partial charge on any atom is -0.478 e. The minimum absolute atomic E-state index is 0.0328. The number of urea groups is 1. The fourth-order valence-electron chi connectivity index (χ4n) is 2.69. The maximum atomic E-state index is 13.8. The van der Waals surface area contributed by atoms with Crippen LogP contribution < -0.4 is 14.8 Å². The van der Waals surface area contributed by atoms with Gasteiger partial charge in [0.25, 0.3) is 0 Å². The third-order valence-corrected chi connectivity index (χ3v) is 3.80. The van der Waals surface area contributed by atoms with E-state index in [1.807, 2.05) is 0 Å². The molecular weight excluding hydrogens is 326 g/mol. The topological polar surface area (TPSA) is 89.7 Å². The van der Waals surface area contributed by atoms with E-state index in [9.17, 15) is 13.6 Å². The lowest BCUT2D eigenvalue weighted by molar-refractivity contribution is 0.0467. The van der Waals surface area contributed by atoms with Crippen molar-refractivity contribution in [3.8, 4) is 11.5 Å². The average molecular weight is 338 g/mol. The molecule has 0 saturated carbocycles. The van der Waals surface area contributed by atoms with E-state index in [0.29, 0.717) is 5.82 Å². The van der Waals surface area contributed by atoms with Crippen LogP contribution in [0.15, 0.2) is 16.7 Å². The van der Waals surface area contributed by atoms with E-state index >= 15 is 0 Å². The van der Waals surface area contributed by atoms with E-state index in [0.717, 1.165) is 12.1 Å². The summed E-state index contributed by atoms with van der Waals surface area (Å²) in [6, 6.07) is 1.41. The Morgan fingerprint density at radius 2 is 1.79 bits per heavy atom. The Kier molecular flexibility index (Phi) is 3.25. The molecule has 4 rings (SSSR count). The first-order chi connectivity index (χ1) is 11.5. The van der Waals surface area contributed by atoms with Gasteiger partial charge in [0.2, 0.25) is 11.5 Å². The first kappa shape index (κ1) is 14.7. The molecule has 0 spiro atoms. The zero-order chi connectivity index (χ0) is 16.8. The van der Waals surface area contributed by atoms with Crippen LogP contribution in [0.5, 0.6) is 11.5 Å². The van der Waals surface area contributed by atoms with Crippen molar-refractivity contribution in [1.29, 1.82) is 0 Å². The maximum absolute atomic E-state index is 13.8. The first-order valence-corrected chi connectivity index (χ1v) is 7.19. The Balaban J connectivity index is 1.48. The molecule has 8 nitrogen and oxygen atoms in total. The molecule has 1 saturated heterocycles. The molecule has 2 aliphatic heterocycles. The summed E-state index contributed by atoms with van der Waals surface area (Å²) in [6.45, 7) is 1.92. The van der Waals surface area contributed by atoms with Crippen LogP contribution in [0.2, 0.25) is 0 Å². The van der Waals surface area contributed by atoms with Gasteiger partial charge < -0.3 is 18.9 Å². The number of nitrogens with zero attached hydrogens (tertiary/aromatic N) is 3. The smallest absolute Gasteiger partial charge is 0.329 e. The number of nitrogens with one attached hydrogen (secondary N) is 1. The summed E-state index contributed by atoms with van der Waals surface area (Å²) in [5.41, 5.74) is 0. The van der Waals surface area contributed by atoms with Gasteiger partial charge >= 0.3 is 12.0 Å². The van der Waals surface area contributed by atoms with Gasteiger partial charge in [0.15, 0.2) is 29.7 Å². The van der Waals surface area contributed by atoms with Gasteiger partial charge in [-0.2, -0.15) is 4.98 Å². The number of hydrogen-bond acceptors (Lipinski definition) is 6. The molecule has 2 aromatic rings. The lowest BCUT2D eigenvalue weighted by Gasteiger charge is -2.28. The third-order valence-electron chi connectivity index (χ3n) is 3.80. The summed E-state index contributed by atoms with van der Waals surface area (Å²) < 4.78 is 43.3. The van der Waals surface area contributed by atoms with Crippen LogP contribution in [-0.4, -0.2) is 46.4 Å². The number of aromatic nitrogens is 2. The molecule has 0 aliphatic carbocycles. The van der Waals surface area contributed by atoms with Crippen molar-refractivity contribution in [1.82, 2.24) is 15.0 Å². The summed E-state index contributed by atoms with van der Waals surface area (Å²) in [7, 11) is 0. The molecule has 2 aliphatic rings. The number of rotatable bonds is 1. The number of amides is 2. The minimum atomic E-state index is -0.714. The van der Waals surface area contributed by atoms with E-state index in [4.69, 9.17) is 14.0 Å². The summed E-state index contributed by atoms with van der Waals surface area (Å²) in [4.78, 5) is 17.5. The largest absolute Gasteiger partial charge is 0.478 e. The number of anilines is 1. The quantitative estimate of drug-likeness (QED) is 0.851. The van der Waals surface area contributed by atoms with Crippen LogP contribution in [0.3, 0.4) is 0 Å². The van der Waals surface area contributed by atoms with Gasteiger partial charge in [-0.1, -0.05) is 5.16 Å². The standard InChI is InChI=1S/C14H12F2N4O4/c1-6-17-13(24-19-6)18-14(21)20-4-9-10(5-20)23-12-8(16)3-2-7(15)11(12)22-9/h2-3,9-10H,4-5H2,1H3,(H,17,18,19,21)/t9-,10+. The molecular formula is C14H12F2N4O4. The number of benzene rings is 1. The van der Waals surface area contributed by atoms with Crippen molar-refractivity contribution in [3.63, 3.8) is 0 Å². The van der Waals surface area contributed by atoms with E-state index in [1.54, 1.807) is 6.92 Å². The highest BCUT2D eigenvalue weighted by Crippen LogP contribution is 2.40. The number of halogens is 2. The molecule has 1 aromatic heterocycles. The molecule has 0 radical (unpaired) electrons. The Labute approximate surface area is 134 Å². The van der Waals surface area contributed by atoms with Gasteiger partial charge in [-0.15, -0.1) is 0 Å². The predicted molar refractivity (Wildman–Crippen MR) is 74.8 cm³/mol. The molecule has 10 heteroatoms. The number of aryl methyl sites for hydroxylation is 1. The summed E-state index contributed by atoms with van der Waals surface area (Å²) >= 11 is 0. The Hall–Kier alpha value is -2.91. The number of fused-ring (bicyclic) bond motifs is 2. The maximum Gasteiger partial charge on any atom is 0.329 e. The van der Waals surface area contributed by atoms with Gasteiger partial charge in [-0.05, 0) is 19.1 Å². The molecule has 2 amide bonds. The summed E-state index contributed by atoms with van der Waals surface area (Å²) in [5.74, 6) is -1.59. The predicted octanol–water partition coefficient (Wildman–Crippen LogP) is 1.71. The Morgan fingerprint density at radius 1 is 1.21 bits per heavy atom. The molecule has 3 heterocycles. The van der Waals surface area contributed by atoms with Gasteiger partial charge in [-0.25, -0.2) is 13.6 Å². The summed E-state index contributed by atoms with van der Waals surface area (Å²) in [5, 5.41) is 6.01. The van der Waals surface area contributed by atoms with Crippen LogP contribution in [-0.2, 0) is 0 Å². The van der Waals surface area contributed by atoms with Crippen LogP contribution in [0.4, 0.5) is 19.6 Å². The monoisotopic (exact) mass is 338 g/mol. The highest BCUT2D eigenvalue weighted by atomic mass is 19.1. The van der Waals surface area contributed by atoms with Crippen molar-refractivity contribution in [3.05, 3.63) is 29.6 Å². The van der Waals surface area contributed by atoms with Crippen molar-refractivity contribution in [2.45, 2.75) is 19.1 Å². The Bertz CT molecular complexity index is 773. The lowest BCUT2D eigenvalue weighted by atomic mass is 10.2. The van der Waals surface area contributed by atoms with Crippen LogP contribution in [0, 0.1) is 18.6 Å². The second kappa shape index (κ2) is 5.32. The fourth-order valence-corrected chi connectivity index (χ4v) is 2.69. The molecule has 24 heavy (non-hydrogen) atoms. The molecule has 1 fully saturated rings. The number of likely N-dealkylation sites (tertiary alicyclic amines) is 1. The van der Waals surface area contributed by atoms with E-state index < -0.39 is 29.9 Å². The third kappa shape index (κ3) is 2.39. The summed E-state index contributed by atoms with van der Waals surface area (Å²) in [6.07, 6.45) is -1.19. The molecule has 2 atom stereocenters. The van der Waals surface area contributed by atoms with Crippen molar-refractivity contribution in [2.24, 2.45) is 0 Å². The first-order valence-electron chi connectivity index (χ1n) is 7.19. The average Bonchev–Trinajstić information content (AvgIpc) is 3.15. The molecule has 0 unspecified atom stereocenters. The van der Waals surface area contributed by atoms with Crippen molar-refractivity contribution >= 4 is 12.0 Å². The van der Waals surface area contributed by atoms with E-state index in [1.165, 1.54) is 4.90 Å². The Morgan fingerprint density at radius 3 is 2.29 bits per heavy atom. The molecule has 1 aromatic carbocycles. The van der Waals surface area contributed by atoms with Gasteiger partial charge in [0.1, 0.15) is 0 Å². The zero-order valence-corrected chi connectivity index (χ0v) is 12.5. The normalized spacial score (nSPS) is 21.5. The zero-order valence-electron chi connectivity index (χ0n) is 12.5.